The fourth-order valence-electron chi connectivity index (χ4n) is 2.64. The first kappa shape index (κ1) is 18.3. The summed E-state index contributed by atoms with van der Waals surface area (Å²) in [7, 11) is 0. The summed E-state index contributed by atoms with van der Waals surface area (Å²) in [5, 5.41) is 9.30. The van der Waals surface area contributed by atoms with Gasteiger partial charge in [0.25, 0.3) is 0 Å². The van der Waals surface area contributed by atoms with Crippen LogP contribution in [0.1, 0.15) is 23.9 Å². The third-order valence-corrected chi connectivity index (χ3v) is 4.10. The van der Waals surface area contributed by atoms with Crippen LogP contribution < -0.4 is 0 Å². The van der Waals surface area contributed by atoms with E-state index in [9.17, 15) is 9.90 Å². The lowest BCUT2D eigenvalue weighted by Gasteiger charge is -2.10. The van der Waals surface area contributed by atoms with Gasteiger partial charge in [0.15, 0.2) is 0 Å². The van der Waals surface area contributed by atoms with Gasteiger partial charge in [-0.25, -0.2) is 9.78 Å². The van der Waals surface area contributed by atoms with E-state index in [-0.39, 0.29) is 6.42 Å². The van der Waals surface area contributed by atoms with Gasteiger partial charge in [0.05, 0.1) is 5.69 Å². The molecule has 0 aliphatic rings. The molecule has 0 saturated heterocycles. The second-order valence-corrected chi connectivity index (χ2v) is 6.00. The molecular weight excluding hydrogens is 340 g/mol. The third-order valence-electron chi connectivity index (χ3n) is 4.10. The van der Waals surface area contributed by atoms with E-state index in [1.54, 1.807) is 35.2 Å². The van der Waals surface area contributed by atoms with Crippen molar-refractivity contribution in [1.82, 2.24) is 9.55 Å². The summed E-state index contributed by atoms with van der Waals surface area (Å²) >= 11 is 0. The molecule has 0 saturated carbocycles. The maximum absolute atomic E-state index is 11.3. The normalized spacial score (nSPS) is 11.9. The lowest BCUT2D eigenvalue weighted by Crippen LogP contribution is -2.16. The second kappa shape index (κ2) is 8.72. The van der Waals surface area contributed by atoms with Gasteiger partial charge in [-0.15, -0.1) is 0 Å². The summed E-state index contributed by atoms with van der Waals surface area (Å²) in [5.74, 6) is 6.30. The fraction of sp³-hybridized carbons (Fsp3) is 0.182. The van der Waals surface area contributed by atoms with E-state index in [0.29, 0.717) is 12.3 Å². The van der Waals surface area contributed by atoms with E-state index in [4.69, 9.17) is 4.42 Å². The minimum atomic E-state index is -0.892. The van der Waals surface area contributed by atoms with Crippen molar-refractivity contribution in [3.63, 3.8) is 0 Å². The van der Waals surface area contributed by atoms with Crippen LogP contribution in [0, 0.1) is 18.8 Å². The number of oxazole rings is 1. The molecule has 0 fully saturated rings. The zero-order valence-electron chi connectivity index (χ0n) is 15.0. The summed E-state index contributed by atoms with van der Waals surface area (Å²) in [5.41, 5.74) is 1.81. The molecule has 2 heterocycles. The molecule has 1 atom stereocenters. The molecule has 5 heteroatoms. The van der Waals surface area contributed by atoms with Crippen LogP contribution in [0.3, 0.4) is 0 Å². The molecule has 2 aromatic heterocycles. The number of carbonyl (C=O) groups is 1. The molecule has 0 aliphatic carbocycles. The predicted octanol–water partition coefficient (Wildman–Crippen LogP) is 4.27. The maximum Gasteiger partial charge on any atom is 0.327 e. The van der Waals surface area contributed by atoms with Gasteiger partial charge < -0.3 is 14.1 Å². The molecule has 0 bridgehead atoms. The average Bonchev–Trinajstić information content (AvgIpc) is 3.32. The topological polar surface area (TPSA) is 68.3 Å². The Labute approximate surface area is 158 Å². The van der Waals surface area contributed by atoms with Crippen LogP contribution in [-0.2, 0) is 11.2 Å². The van der Waals surface area contributed by atoms with E-state index in [2.05, 4.69) is 16.8 Å². The van der Waals surface area contributed by atoms with E-state index in [1.807, 2.05) is 43.3 Å². The SMILES string of the molecule is Cc1oc(-c2ccccc2)nc1CC=CC#CCC(C(=O)O)n1cccc1. The number of aliphatic carboxylic acids is 1. The highest BCUT2D eigenvalue weighted by atomic mass is 16.4. The van der Waals surface area contributed by atoms with Crippen molar-refractivity contribution in [3.05, 3.63) is 78.5 Å². The van der Waals surface area contributed by atoms with E-state index in [0.717, 1.165) is 17.0 Å². The zero-order chi connectivity index (χ0) is 19.1. The highest BCUT2D eigenvalue weighted by Crippen LogP contribution is 2.21. The summed E-state index contributed by atoms with van der Waals surface area (Å²) in [4.78, 5) is 15.9. The van der Waals surface area contributed by atoms with Gasteiger partial charge in [-0.2, -0.15) is 0 Å². The van der Waals surface area contributed by atoms with Crippen LogP contribution in [0.25, 0.3) is 11.5 Å². The Bertz CT molecular complexity index is 974. The van der Waals surface area contributed by atoms with Gasteiger partial charge in [0.2, 0.25) is 5.89 Å². The lowest BCUT2D eigenvalue weighted by atomic mass is 10.2. The molecule has 1 aromatic carbocycles. The van der Waals surface area contributed by atoms with Crippen LogP contribution in [0.15, 0.2) is 71.4 Å². The number of aryl methyl sites for hydroxylation is 1. The molecule has 0 radical (unpaired) electrons. The van der Waals surface area contributed by atoms with E-state index < -0.39 is 12.0 Å². The molecule has 0 amide bonds. The van der Waals surface area contributed by atoms with Crippen molar-refractivity contribution < 1.29 is 14.3 Å². The van der Waals surface area contributed by atoms with Crippen molar-refractivity contribution >= 4 is 5.97 Å². The Morgan fingerprint density at radius 2 is 2.00 bits per heavy atom. The molecule has 0 aliphatic heterocycles. The Hall–Kier alpha value is -3.52. The van der Waals surface area contributed by atoms with Crippen molar-refractivity contribution in [2.24, 2.45) is 0 Å². The number of aromatic nitrogens is 2. The average molecular weight is 360 g/mol. The van der Waals surface area contributed by atoms with Gasteiger partial charge in [0.1, 0.15) is 11.8 Å². The Morgan fingerprint density at radius 3 is 2.70 bits per heavy atom. The largest absolute Gasteiger partial charge is 0.480 e. The molecule has 136 valence electrons. The Balaban J connectivity index is 1.58. The van der Waals surface area contributed by atoms with Gasteiger partial charge >= 0.3 is 5.97 Å². The first-order valence-corrected chi connectivity index (χ1v) is 8.65. The number of hydrogen-bond acceptors (Lipinski definition) is 3. The summed E-state index contributed by atoms with van der Waals surface area (Å²) in [6, 6.07) is 12.7. The van der Waals surface area contributed by atoms with Gasteiger partial charge in [0, 0.05) is 30.8 Å². The van der Waals surface area contributed by atoms with Gasteiger partial charge in [-0.3, -0.25) is 0 Å². The molecular formula is C22H20N2O3. The van der Waals surface area contributed by atoms with Crippen molar-refractivity contribution in [2.75, 3.05) is 0 Å². The molecule has 5 nitrogen and oxygen atoms in total. The number of carboxylic acids is 1. The molecule has 1 unspecified atom stereocenters. The van der Waals surface area contributed by atoms with Crippen LogP contribution in [0.4, 0.5) is 0 Å². The van der Waals surface area contributed by atoms with Crippen molar-refractivity contribution in [1.29, 1.82) is 0 Å². The predicted molar refractivity (Wildman–Crippen MR) is 103 cm³/mol. The van der Waals surface area contributed by atoms with E-state index in [1.165, 1.54) is 0 Å². The smallest absolute Gasteiger partial charge is 0.327 e. The summed E-state index contributed by atoms with van der Waals surface area (Å²) in [6.45, 7) is 1.89. The first-order valence-electron chi connectivity index (χ1n) is 8.65. The van der Waals surface area contributed by atoms with Gasteiger partial charge in [-0.1, -0.05) is 36.1 Å². The number of nitrogens with zero attached hydrogens (tertiary/aromatic N) is 2. The summed E-state index contributed by atoms with van der Waals surface area (Å²) in [6.07, 6.45) is 7.94. The molecule has 0 spiro atoms. The number of carboxylic acid groups (broad SMARTS) is 1. The zero-order valence-corrected chi connectivity index (χ0v) is 15.0. The van der Waals surface area contributed by atoms with Crippen LogP contribution in [0.5, 0.6) is 0 Å². The van der Waals surface area contributed by atoms with E-state index >= 15 is 0 Å². The van der Waals surface area contributed by atoms with Crippen molar-refractivity contribution in [2.45, 2.75) is 25.8 Å². The first-order chi connectivity index (χ1) is 13.1. The highest BCUT2D eigenvalue weighted by molar-refractivity contribution is 5.72. The number of benzene rings is 1. The monoisotopic (exact) mass is 360 g/mol. The third kappa shape index (κ3) is 4.77. The Kier molecular flexibility index (Phi) is 5.91. The minimum Gasteiger partial charge on any atom is -0.480 e. The Morgan fingerprint density at radius 1 is 1.26 bits per heavy atom. The van der Waals surface area contributed by atoms with Crippen LogP contribution in [-0.4, -0.2) is 20.6 Å². The number of allylic oxidation sites excluding steroid dienone is 2. The quantitative estimate of drug-likeness (QED) is 0.667. The number of hydrogen-bond donors (Lipinski definition) is 1. The molecule has 3 aromatic rings. The fourth-order valence-corrected chi connectivity index (χ4v) is 2.64. The van der Waals surface area contributed by atoms with Crippen LogP contribution in [0.2, 0.25) is 0 Å². The molecule has 27 heavy (non-hydrogen) atoms. The molecule has 3 rings (SSSR count). The maximum atomic E-state index is 11.3. The standard InChI is InChI=1S/C22H20N2O3/c1-17-19(23-21(27-17)18-11-5-4-6-12-18)13-7-2-3-8-14-20(22(25)26)24-15-9-10-16-24/h2,4-7,9-12,15-16,20H,13-14H2,1H3,(H,25,26). The van der Waals surface area contributed by atoms with Crippen LogP contribution >= 0.6 is 0 Å². The van der Waals surface area contributed by atoms with Crippen molar-refractivity contribution in [3.8, 4) is 23.3 Å². The minimum absolute atomic E-state index is 0.246. The van der Waals surface area contributed by atoms with Gasteiger partial charge in [-0.05, 0) is 37.3 Å². The summed E-state index contributed by atoms with van der Waals surface area (Å²) < 4.78 is 7.37. The second-order valence-electron chi connectivity index (χ2n) is 6.00. The molecule has 1 N–H and O–H groups in total. The lowest BCUT2D eigenvalue weighted by molar-refractivity contribution is -0.140. The number of rotatable bonds is 6. The highest BCUT2D eigenvalue weighted by Gasteiger charge is 2.16.